The maximum absolute atomic E-state index is 12.6. The van der Waals surface area contributed by atoms with Crippen LogP contribution in [0.4, 0.5) is 11.4 Å². The summed E-state index contributed by atoms with van der Waals surface area (Å²) < 4.78 is 5.39. The van der Waals surface area contributed by atoms with Crippen LogP contribution in [-0.4, -0.2) is 80.6 Å². The molecule has 2 heterocycles. The van der Waals surface area contributed by atoms with Crippen molar-refractivity contribution >= 4 is 23.2 Å². The van der Waals surface area contributed by atoms with Crippen molar-refractivity contribution in [2.45, 2.75) is 13.3 Å². The van der Waals surface area contributed by atoms with Crippen molar-refractivity contribution in [3.8, 4) is 0 Å². The number of amides is 2. The van der Waals surface area contributed by atoms with Crippen molar-refractivity contribution in [3.63, 3.8) is 0 Å². The summed E-state index contributed by atoms with van der Waals surface area (Å²) in [5.74, 6) is 0.127. The standard InChI is InChI=1S/C25H32N4O3/c1-20-2-4-21(5-3-20)18-25(31)29-12-10-27(11-13-29)19-24(30)26-22-6-8-23(9-7-22)28-14-16-32-17-15-28/h2-9H,10-19H2,1H3,(H,26,30). The molecular formula is C25H32N4O3. The number of hydrogen-bond acceptors (Lipinski definition) is 5. The monoisotopic (exact) mass is 436 g/mol. The lowest BCUT2D eigenvalue weighted by Crippen LogP contribution is -2.50. The Balaban J connectivity index is 1.19. The minimum absolute atomic E-state index is 0.0245. The first-order valence-electron chi connectivity index (χ1n) is 11.3. The Morgan fingerprint density at radius 2 is 1.53 bits per heavy atom. The van der Waals surface area contributed by atoms with Gasteiger partial charge >= 0.3 is 0 Å². The molecule has 2 aliphatic heterocycles. The summed E-state index contributed by atoms with van der Waals surface area (Å²) in [5.41, 5.74) is 4.19. The highest BCUT2D eigenvalue weighted by molar-refractivity contribution is 5.92. The molecule has 0 atom stereocenters. The predicted octanol–water partition coefficient (Wildman–Crippen LogP) is 2.16. The van der Waals surface area contributed by atoms with E-state index in [1.807, 2.05) is 60.4 Å². The number of hydrogen-bond donors (Lipinski definition) is 1. The fourth-order valence-corrected chi connectivity index (χ4v) is 4.13. The Morgan fingerprint density at radius 3 is 2.19 bits per heavy atom. The average Bonchev–Trinajstić information content (AvgIpc) is 2.82. The Morgan fingerprint density at radius 1 is 0.875 bits per heavy atom. The molecule has 1 N–H and O–H groups in total. The molecule has 0 aromatic heterocycles. The second-order valence-electron chi connectivity index (χ2n) is 8.51. The van der Waals surface area contributed by atoms with Crippen LogP contribution in [0.3, 0.4) is 0 Å². The molecule has 2 amide bonds. The number of anilines is 2. The zero-order valence-corrected chi connectivity index (χ0v) is 18.8. The molecule has 7 nitrogen and oxygen atoms in total. The molecule has 0 saturated carbocycles. The summed E-state index contributed by atoms with van der Waals surface area (Å²) in [6.07, 6.45) is 0.432. The van der Waals surface area contributed by atoms with E-state index in [1.165, 1.54) is 5.56 Å². The molecule has 7 heteroatoms. The van der Waals surface area contributed by atoms with Crippen LogP contribution in [0.25, 0.3) is 0 Å². The van der Waals surface area contributed by atoms with E-state index in [0.29, 0.717) is 39.1 Å². The van der Waals surface area contributed by atoms with Gasteiger partial charge in [0.15, 0.2) is 0 Å². The first-order valence-corrected chi connectivity index (χ1v) is 11.3. The van der Waals surface area contributed by atoms with Crippen molar-refractivity contribution in [3.05, 3.63) is 59.7 Å². The Labute approximate surface area is 189 Å². The molecule has 0 radical (unpaired) electrons. The van der Waals surface area contributed by atoms with Gasteiger partial charge in [0.25, 0.3) is 0 Å². The third-order valence-corrected chi connectivity index (χ3v) is 6.10. The van der Waals surface area contributed by atoms with Crippen molar-refractivity contribution in [1.29, 1.82) is 0 Å². The molecule has 32 heavy (non-hydrogen) atoms. The average molecular weight is 437 g/mol. The number of carbonyl (C=O) groups is 2. The smallest absolute Gasteiger partial charge is 0.238 e. The molecular weight excluding hydrogens is 404 g/mol. The number of carbonyl (C=O) groups excluding carboxylic acids is 2. The molecule has 170 valence electrons. The molecule has 4 rings (SSSR count). The molecule has 2 aliphatic rings. The number of ether oxygens (including phenoxy) is 1. The van der Waals surface area contributed by atoms with Crippen LogP contribution in [0.15, 0.2) is 48.5 Å². The number of nitrogens with zero attached hydrogens (tertiary/aromatic N) is 3. The van der Waals surface area contributed by atoms with E-state index in [2.05, 4.69) is 15.1 Å². The Hall–Kier alpha value is -2.90. The highest BCUT2D eigenvalue weighted by Gasteiger charge is 2.22. The normalized spacial score (nSPS) is 17.3. The van der Waals surface area contributed by atoms with E-state index in [9.17, 15) is 9.59 Å². The minimum atomic E-state index is -0.0245. The molecule has 2 saturated heterocycles. The van der Waals surface area contributed by atoms with Gasteiger partial charge in [0.05, 0.1) is 26.2 Å². The molecule has 0 bridgehead atoms. The van der Waals surface area contributed by atoms with E-state index in [1.54, 1.807) is 0 Å². The van der Waals surface area contributed by atoms with Crippen LogP contribution in [0.1, 0.15) is 11.1 Å². The topological polar surface area (TPSA) is 65.1 Å². The second-order valence-corrected chi connectivity index (χ2v) is 8.51. The van der Waals surface area contributed by atoms with Crippen LogP contribution >= 0.6 is 0 Å². The number of rotatable bonds is 6. The van der Waals surface area contributed by atoms with Gasteiger partial charge in [-0.2, -0.15) is 0 Å². The van der Waals surface area contributed by atoms with E-state index >= 15 is 0 Å². The van der Waals surface area contributed by atoms with Gasteiger partial charge in [-0.25, -0.2) is 0 Å². The molecule has 2 aromatic rings. The van der Waals surface area contributed by atoms with Crippen LogP contribution in [0.5, 0.6) is 0 Å². The molecule has 0 aliphatic carbocycles. The Kier molecular flexibility index (Phi) is 7.39. The maximum atomic E-state index is 12.6. The van der Waals surface area contributed by atoms with Crippen molar-refractivity contribution in [1.82, 2.24) is 9.80 Å². The number of morpholine rings is 1. The van der Waals surface area contributed by atoms with Gasteiger partial charge in [0.1, 0.15) is 0 Å². The van der Waals surface area contributed by atoms with E-state index in [0.717, 1.165) is 43.2 Å². The lowest BCUT2D eigenvalue weighted by Gasteiger charge is -2.34. The summed E-state index contributed by atoms with van der Waals surface area (Å²) in [6, 6.07) is 16.1. The first-order chi connectivity index (χ1) is 15.6. The van der Waals surface area contributed by atoms with Crippen LogP contribution in [-0.2, 0) is 20.7 Å². The van der Waals surface area contributed by atoms with Crippen molar-refractivity contribution < 1.29 is 14.3 Å². The first kappa shape index (κ1) is 22.3. The summed E-state index contributed by atoms with van der Waals surface area (Å²) in [5, 5.41) is 2.99. The second kappa shape index (κ2) is 10.6. The van der Waals surface area contributed by atoms with Crippen molar-refractivity contribution in [2.24, 2.45) is 0 Å². The third kappa shape index (κ3) is 6.08. The van der Waals surface area contributed by atoms with Gasteiger partial charge in [-0.15, -0.1) is 0 Å². The third-order valence-electron chi connectivity index (χ3n) is 6.10. The van der Waals surface area contributed by atoms with Crippen LogP contribution < -0.4 is 10.2 Å². The summed E-state index contributed by atoms with van der Waals surface area (Å²) in [4.78, 5) is 31.4. The number of nitrogens with one attached hydrogen (secondary N) is 1. The summed E-state index contributed by atoms with van der Waals surface area (Å²) in [7, 11) is 0. The van der Waals surface area contributed by atoms with Crippen LogP contribution in [0.2, 0.25) is 0 Å². The fourth-order valence-electron chi connectivity index (χ4n) is 4.13. The quantitative estimate of drug-likeness (QED) is 0.752. The minimum Gasteiger partial charge on any atom is -0.378 e. The predicted molar refractivity (Wildman–Crippen MR) is 126 cm³/mol. The zero-order valence-electron chi connectivity index (χ0n) is 18.8. The summed E-state index contributed by atoms with van der Waals surface area (Å²) in [6.45, 7) is 8.42. The molecule has 0 unspecified atom stereocenters. The largest absolute Gasteiger partial charge is 0.378 e. The number of piperazine rings is 1. The Bertz CT molecular complexity index is 900. The maximum Gasteiger partial charge on any atom is 0.238 e. The fraction of sp³-hybridized carbons (Fsp3) is 0.440. The zero-order chi connectivity index (χ0) is 22.3. The van der Waals surface area contributed by atoms with E-state index in [-0.39, 0.29) is 11.8 Å². The van der Waals surface area contributed by atoms with Gasteiger partial charge in [0, 0.05) is 50.6 Å². The lowest BCUT2D eigenvalue weighted by molar-refractivity contribution is -0.132. The lowest BCUT2D eigenvalue weighted by atomic mass is 10.1. The van der Waals surface area contributed by atoms with Gasteiger partial charge in [-0.3, -0.25) is 14.5 Å². The van der Waals surface area contributed by atoms with Gasteiger partial charge in [-0.1, -0.05) is 29.8 Å². The molecule has 0 spiro atoms. The highest BCUT2D eigenvalue weighted by atomic mass is 16.5. The van der Waals surface area contributed by atoms with E-state index < -0.39 is 0 Å². The highest BCUT2D eigenvalue weighted by Crippen LogP contribution is 2.19. The van der Waals surface area contributed by atoms with E-state index in [4.69, 9.17) is 4.74 Å². The van der Waals surface area contributed by atoms with Gasteiger partial charge in [-0.05, 0) is 36.8 Å². The summed E-state index contributed by atoms with van der Waals surface area (Å²) >= 11 is 0. The number of aryl methyl sites for hydroxylation is 1. The van der Waals surface area contributed by atoms with Gasteiger partial charge < -0.3 is 19.9 Å². The molecule has 2 fully saturated rings. The number of benzene rings is 2. The van der Waals surface area contributed by atoms with Gasteiger partial charge in [0.2, 0.25) is 11.8 Å². The SMILES string of the molecule is Cc1ccc(CC(=O)N2CCN(CC(=O)Nc3ccc(N4CCOCC4)cc3)CC2)cc1. The van der Waals surface area contributed by atoms with Crippen LogP contribution in [0, 0.1) is 6.92 Å². The van der Waals surface area contributed by atoms with Crippen molar-refractivity contribution in [2.75, 3.05) is 69.2 Å². The molecule has 2 aromatic carbocycles.